The zero-order valence-corrected chi connectivity index (χ0v) is 10.7. The van der Waals surface area contributed by atoms with Crippen LogP contribution in [0.15, 0.2) is 24.3 Å². The normalized spacial score (nSPS) is 11.9. The average Bonchev–Trinajstić information content (AvgIpc) is 2.37. The maximum absolute atomic E-state index is 11.1. The summed E-state index contributed by atoms with van der Waals surface area (Å²) < 4.78 is 10.2. The molecular weight excluding hydrogens is 216 g/mol. The number of hydrogen-bond acceptors (Lipinski definition) is 3. The highest BCUT2D eigenvalue weighted by molar-refractivity contribution is 5.72. The van der Waals surface area contributed by atoms with E-state index >= 15 is 0 Å². The van der Waals surface area contributed by atoms with Gasteiger partial charge in [0.2, 0.25) is 0 Å². The van der Waals surface area contributed by atoms with Gasteiger partial charge < -0.3 is 9.47 Å². The van der Waals surface area contributed by atoms with E-state index in [2.05, 4.69) is 18.6 Å². The molecule has 0 radical (unpaired) electrons. The maximum atomic E-state index is 11.1. The Morgan fingerprint density at radius 1 is 1.29 bits per heavy atom. The van der Waals surface area contributed by atoms with Gasteiger partial charge in [0.15, 0.2) is 0 Å². The smallest absolute Gasteiger partial charge is 0.309 e. The van der Waals surface area contributed by atoms with E-state index in [-0.39, 0.29) is 5.97 Å². The van der Waals surface area contributed by atoms with E-state index in [0.717, 1.165) is 24.3 Å². The molecule has 1 aromatic carbocycles. The van der Waals surface area contributed by atoms with Crippen LogP contribution in [-0.2, 0) is 16.0 Å². The second-order valence-electron chi connectivity index (χ2n) is 4.22. The first-order valence-corrected chi connectivity index (χ1v) is 5.94. The van der Waals surface area contributed by atoms with Crippen molar-refractivity contribution in [2.45, 2.75) is 26.7 Å². The number of benzene rings is 1. The van der Waals surface area contributed by atoms with Crippen LogP contribution in [0.1, 0.15) is 25.8 Å². The molecule has 3 heteroatoms. The number of hydrogen-bond donors (Lipinski definition) is 0. The van der Waals surface area contributed by atoms with Crippen LogP contribution in [0.25, 0.3) is 0 Å². The predicted molar refractivity (Wildman–Crippen MR) is 67.1 cm³/mol. The molecule has 0 aliphatic heterocycles. The second kappa shape index (κ2) is 6.94. The van der Waals surface area contributed by atoms with Crippen LogP contribution in [0, 0.1) is 5.92 Å². The van der Waals surface area contributed by atoms with Crippen LogP contribution in [0.3, 0.4) is 0 Å². The van der Waals surface area contributed by atoms with Crippen molar-refractivity contribution in [1.82, 2.24) is 0 Å². The van der Waals surface area contributed by atoms with E-state index in [9.17, 15) is 4.79 Å². The SMILES string of the molecule is CC[C@H](C)COc1ccc(CC(=O)OC)cc1. The molecule has 0 aromatic heterocycles. The van der Waals surface area contributed by atoms with Gasteiger partial charge in [-0.2, -0.15) is 0 Å². The van der Waals surface area contributed by atoms with Crippen molar-refractivity contribution in [3.05, 3.63) is 29.8 Å². The van der Waals surface area contributed by atoms with E-state index < -0.39 is 0 Å². The van der Waals surface area contributed by atoms with Gasteiger partial charge in [0, 0.05) is 0 Å². The Morgan fingerprint density at radius 2 is 1.94 bits per heavy atom. The van der Waals surface area contributed by atoms with Gasteiger partial charge in [0.1, 0.15) is 5.75 Å². The molecule has 3 nitrogen and oxygen atoms in total. The molecule has 0 aliphatic rings. The van der Waals surface area contributed by atoms with Crippen LogP contribution in [0.2, 0.25) is 0 Å². The Kier molecular flexibility index (Phi) is 5.53. The summed E-state index contributed by atoms with van der Waals surface area (Å²) in [6, 6.07) is 7.56. The van der Waals surface area contributed by atoms with Crippen LogP contribution in [0.4, 0.5) is 0 Å². The average molecular weight is 236 g/mol. The van der Waals surface area contributed by atoms with Crippen LogP contribution in [-0.4, -0.2) is 19.7 Å². The Labute approximate surface area is 103 Å². The Bertz CT molecular complexity index is 343. The monoisotopic (exact) mass is 236 g/mol. The van der Waals surface area contributed by atoms with Gasteiger partial charge in [-0.3, -0.25) is 4.79 Å². The number of ether oxygens (including phenoxy) is 2. The summed E-state index contributed by atoms with van der Waals surface area (Å²) >= 11 is 0. The molecule has 1 atom stereocenters. The van der Waals surface area contributed by atoms with Crippen molar-refractivity contribution < 1.29 is 14.3 Å². The van der Waals surface area contributed by atoms with Gasteiger partial charge in [-0.25, -0.2) is 0 Å². The fourth-order valence-corrected chi connectivity index (χ4v) is 1.30. The first kappa shape index (κ1) is 13.6. The van der Waals surface area contributed by atoms with Crippen LogP contribution < -0.4 is 4.74 Å². The van der Waals surface area contributed by atoms with Crippen molar-refractivity contribution in [3.63, 3.8) is 0 Å². The predicted octanol–water partition coefficient (Wildman–Crippen LogP) is 2.83. The number of carbonyl (C=O) groups is 1. The van der Waals surface area contributed by atoms with Gasteiger partial charge in [-0.1, -0.05) is 32.4 Å². The van der Waals surface area contributed by atoms with Crippen molar-refractivity contribution in [2.75, 3.05) is 13.7 Å². The summed E-state index contributed by atoms with van der Waals surface area (Å²) in [5.41, 5.74) is 0.938. The fourth-order valence-electron chi connectivity index (χ4n) is 1.30. The quantitative estimate of drug-likeness (QED) is 0.712. The van der Waals surface area contributed by atoms with Gasteiger partial charge in [-0.05, 0) is 23.6 Å². The topological polar surface area (TPSA) is 35.5 Å². The molecule has 0 bridgehead atoms. The van der Waals surface area contributed by atoms with Crippen LogP contribution in [0.5, 0.6) is 5.75 Å². The molecule has 94 valence electrons. The first-order chi connectivity index (χ1) is 8.15. The van der Waals surface area contributed by atoms with Gasteiger partial charge in [0.25, 0.3) is 0 Å². The first-order valence-electron chi connectivity index (χ1n) is 5.94. The van der Waals surface area contributed by atoms with Gasteiger partial charge in [0.05, 0.1) is 20.1 Å². The summed E-state index contributed by atoms with van der Waals surface area (Å²) in [4.78, 5) is 11.1. The minimum absolute atomic E-state index is 0.224. The molecule has 0 fully saturated rings. The zero-order valence-electron chi connectivity index (χ0n) is 10.7. The third kappa shape index (κ3) is 4.89. The Hall–Kier alpha value is -1.51. The number of rotatable bonds is 6. The molecule has 0 unspecified atom stereocenters. The minimum atomic E-state index is -0.224. The largest absolute Gasteiger partial charge is 0.493 e. The van der Waals surface area contributed by atoms with E-state index in [1.165, 1.54) is 7.11 Å². The molecule has 0 saturated carbocycles. The fraction of sp³-hybridized carbons (Fsp3) is 0.500. The van der Waals surface area contributed by atoms with E-state index in [4.69, 9.17) is 4.74 Å². The van der Waals surface area contributed by atoms with Crippen molar-refractivity contribution in [3.8, 4) is 5.75 Å². The molecule has 1 rings (SSSR count). The van der Waals surface area contributed by atoms with Crippen molar-refractivity contribution in [2.24, 2.45) is 5.92 Å². The number of esters is 1. The standard InChI is InChI=1S/C14H20O3/c1-4-11(2)10-17-13-7-5-12(6-8-13)9-14(15)16-3/h5-8,11H,4,9-10H2,1-3H3/t11-/m0/s1. The molecule has 0 N–H and O–H groups in total. The van der Waals surface area contributed by atoms with Gasteiger partial charge >= 0.3 is 5.97 Å². The molecular formula is C14H20O3. The third-order valence-electron chi connectivity index (χ3n) is 2.73. The molecule has 17 heavy (non-hydrogen) atoms. The molecule has 0 spiro atoms. The summed E-state index contributed by atoms with van der Waals surface area (Å²) in [5, 5.41) is 0. The summed E-state index contributed by atoms with van der Waals surface area (Å²) in [6.45, 7) is 5.03. The highest BCUT2D eigenvalue weighted by Gasteiger charge is 2.04. The second-order valence-corrected chi connectivity index (χ2v) is 4.22. The lowest BCUT2D eigenvalue weighted by atomic mass is 10.1. The summed E-state index contributed by atoms with van der Waals surface area (Å²) in [7, 11) is 1.39. The van der Waals surface area contributed by atoms with E-state index in [1.807, 2.05) is 24.3 Å². The van der Waals surface area contributed by atoms with E-state index in [0.29, 0.717) is 12.3 Å². The lowest BCUT2D eigenvalue weighted by Crippen LogP contribution is -2.07. The van der Waals surface area contributed by atoms with E-state index in [1.54, 1.807) is 0 Å². The van der Waals surface area contributed by atoms with Crippen molar-refractivity contribution in [1.29, 1.82) is 0 Å². The van der Waals surface area contributed by atoms with Crippen LogP contribution >= 0.6 is 0 Å². The molecule has 0 amide bonds. The molecule has 1 aromatic rings. The maximum Gasteiger partial charge on any atom is 0.309 e. The van der Waals surface area contributed by atoms with Gasteiger partial charge in [-0.15, -0.1) is 0 Å². The summed E-state index contributed by atoms with van der Waals surface area (Å²) in [6.07, 6.45) is 1.42. The molecule has 0 aliphatic carbocycles. The van der Waals surface area contributed by atoms with Crippen molar-refractivity contribution >= 4 is 5.97 Å². The lowest BCUT2D eigenvalue weighted by Gasteiger charge is -2.11. The molecule has 0 saturated heterocycles. The highest BCUT2D eigenvalue weighted by atomic mass is 16.5. The number of carbonyl (C=O) groups excluding carboxylic acids is 1. The third-order valence-corrected chi connectivity index (χ3v) is 2.73. The number of methoxy groups -OCH3 is 1. The lowest BCUT2D eigenvalue weighted by molar-refractivity contribution is -0.139. The molecule has 0 heterocycles. The Morgan fingerprint density at radius 3 is 2.47 bits per heavy atom. The zero-order chi connectivity index (χ0) is 12.7. The minimum Gasteiger partial charge on any atom is -0.493 e. The Balaban J connectivity index is 2.47. The highest BCUT2D eigenvalue weighted by Crippen LogP contribution is 2.14. The summed E-state index contributed by atoms with van der Waals surface area (Å²) in [5.74, 6) is 1.18.